The zero-order chi connectivity index (χ0) is 23.6. The third-order valence-corrected chi connectivity index (χ3v) is 5.92. The molecule has 6 nitrogen and oxygen atoms in total. The van der Waals surface area contributed by atoms with E-state index in [0.717, 1.165) is 29.7 Å². The van der Waals surface area contributed by atoms with Gasteiger partial charge in [0.2, 0.25) is 0 Å². The lowest BCUT2D eigenvalue weighted by atomic mass is 9.84. The number of aromatic nitrogens is 1. The maximum atomic E-state index is 13.2. The highest BCUT2D eigenvalue weighted by atomic mass is 16.3. The van der Waals surface area contributed by atoms with E-state index < -0.39 is 17.7 Å². The predicted molar refractivity (Wildman–Crippen MR) is 126 cm³/mol. The van der Waals surface area contributed by atoms with Crippen molar-refractivity contribution in [2.24, 2.45) is 0 Å². The normalized spacial score (nSPS) is 18.6. The Kier molecular flexibility index (Phi) is 6.84. The van der Waals surface area contributed by atoms with Gasteiger partial charge in [0, 0.05) is 24.5 Å². The smallest absolute Gasteiger partial charge is 0.295 e. The fourth-order valence-corrected chi connectivity index (χ4v) is 4.05. The Bertz CT molecular complexity index is 1040. The summed E-state index contributed by atoms with van der Waals surface area (Å²) in [7, 11) is 3.94. The van der Waals surface area contributed by atoms with Crippen LogP contribution in [0.5, 0.6) is 0 Å². The SMILES string of the molecule is Cc1ccc(C(C)(C)C)cc1/C(O)=C1\C(=O)C(=O)N(CCCN(C)C)C1c1ccncc1. The molecule has 0 spiro atoms. The Hall–Kier alpha value is -2.99. The van der Waals surface area contributed by atoms with Crippen LogP contribution >= 0.6 is 0 Å². The molecule has 1 saturated heterocycles. The molecule has 1 N–H and O–H groups in total. The molecule has 6 heteroatoms. The zero-order valence-corrected chi connectivity index (χ0v) is 19.8. The van der Waals surface area contributed by atoms with Crippen LogP contribution in [0.4, 0.5) is 0 Å². The summed E-state index contributed by atoms with van der Waals surface area (Å²) in [5.74, 6) is -1.34. The molecule has 1 unspecified atom stereocenters. The van der Waals surface area contributed by atoms with Crippen LogP contribution in [0.3, 0.4) is 0 Å². The molecule has 170 valence electrons. The minimum atomic E-state index is -0.644. The van der Waals surface area contributed by atoms with Crippen molar-refractivity contribution in [3.05, 3.63) is 70.6 Å². The van der Waals surface area contributed by atoms with Crippen molar-refractivity contribution in [1.29, 1.82) is 0 Å². The summed E-state index contributed by atoms with van der Waals surface area (Å²) in [6.45, 7) is 9.41. The number of aliphatic hydroxyl groups is 1. The van der Waals surface area contributed by atoms with Gasteiger partial charge in [-0.25, -0.2) is 0 Å². The van der Waals surface area contributed by atoms with E-state index in [1.165, 1.54) is 0 Å². The first-order valence-electron chi connectivity index (χ1n) is 11.0. The topological polar surface area (TPSA) is 73.7 Å². The van der Waals surface area contributed by atoms with Gasteiger partial charge in [-0.15, -0.1) is 0 Å². The summed E-state index contributed by atoms with van der Waals surface area (Å²) >= 11 is 0. The maximum Gasteiger partial charge on any atom is 0.295 e. The average molecular weight is 436 g/mol. The molecule has 1 aromatic heterocycles. The summed E-state index contributed by atoms with van der Waals surface area (Å²) in [5, 5.41) is 11.4. The van der Waals surface area contributed by atoms with Crippen molar-refractivity contribution >= 4 is 17.4 Å². The van der Waals surface area contributed by atoms with Crippen LogP contribution in [0, 0.1) is 6.92 Å². The number of carbonyl (C=O) groups excluding carboxylic acids is 2. The van der Waals surface area contributed by atoms with E-state index in [-0.39, 0.29) is 16.7 Å². The number of aryl methyl sites for hydroxylation is 1. The summed E-state index contributed by atoms with van der Waals surface area (Å²) in [6, 6.07) is 8.85. The van der Waals surface area contributed by atoms with Gasteiger partial charge in [-0.3, -0.25) is 14.6 Å². The number of hydrogen-bond acceptors (Lipinski definition) is 5. The van der Waals surface area contributed by atoms with Gasteiger partial charge in [-0.05, 0) is 74.3 Å². The van der Waals surface area contributed by atoms with Crippen molar-refractivity contribution in [2.75, 3.05) is 27.2 Å². The summed E-state index contributed by atoms with van der Waals surface area (Å²) in [5.41, 5.74) is 3.26. The molecule has 1 aliphatic heterocycles. The minimum absolute atomic E-state index is 0.119. The van der Waals surface area contributed by atoms with Crippen molar-refractivity contribution in [1.82, 2.24) is 14.8 Å². The molecule has 32 heavy (non-hydrogen) atoms. The maximum absolute atomic E-state index is 13.2. The van der Waals surface area contributed by atoms with Crippen LogP contribution in [0.1, 0.15) is 55.5 Å². The van der Waals surface area contributed by atoms with Crippen LogP contribution in [-0.4, -0.2) is 58.8 Å². The number of ketones is 1. The van der Waals surface area contributed by atoms with Crippen LogP contribution in [0.15, 0.2) is 48.3 Å². The summed E-state index contributed by atoms with van der Waals surface area (Å²) in [4.78, 5) is 33.9. The van der Waals surface area contributed by atoms with Gasteiger partial charge >= 0.3 is 0 Å². The van der Waals surface area contributed by atoms with E-state index in [9.17, 15) is 14.7 Å². The van der Waals surface area contributed by atoms with Gasteiger partial charge in [0.1, 0.15) is 5.76 Å². The molecule has 0 radical (unpaired) electrons. The Morgan fingerprint density at radius 1 is 1.12 bits per heavy atom. The number of Topliss-reactive ketones (excluding diaryl/α,β-unsaturated/α-hetero) is 1. The first-order chi connectivity index (χ1) is 15.0. The van der Waals surface area contributed by atoms with Gasteiger partial charge in [-0.2, -0.15) is 0 Å². The summed E-state index contributed by atoms with van der Waals surface area (Å²) < 4.78 is 0. The quantitative estimate of drug-likeness (QED) is 0.421. The van der Waals surface area contributed by atoms with E-state index in [1.54, 1.807) is 29.4 Å². The number of carbonyl (C=O) groups is 2. The monoisotopic (exact) mass is 435 g/mol. The first-order valence-corrected chi connectivity index (χ1v) is 11.0. The molecule has 0 aliphatic carbocycles. The lowest BCUT2D eigenvalue weighted by Crippen LogP contribution is -2.32. The molecule has 1 fully saturated rings. The average Bonchev–Trinajstić information content (AvgIpc) is 2.98. The zero-order valence-electron chi connectivity index (χ0n) is 19.8. The molecule has 1 amide bonds. The molecule has 1 aliphatic rings. The molecule has 2 heterocycles. The van der Waals surface area contributed by atoms with E-state index in [4.69, 9.17) is 0 Å². The second-order valence-electron chi connectivity index (χ2n) is 9.71. The molecule has 0 saturated carbocycles. The highest BCUT2D eigenvalue weighted by Gasteiger charge is 2.46. The number of rotatable bonds is 6. The Morgan fingerprint density at radius 2 is 1.78 bits per heavy atom. The highest BCUT2D eigenvalue weighted by molar-refractivity contribution is 6.46. The third-order valence-electron chi connectivity index (χ3n) is 5.92. The number of hydrogen-bond donors (Lipinski definition) is 1. The fourth-order valence-electron chi connectivity index (χ4n) is 4.05. The molecule has 3 rings (SSSR count). The molecule has 1 atom stereocenters. The van der Waals surface area contributed by atoms with E-state index >= 15 is 0 Å². The molecular weight excluding hydrogens is 402 g/mol. The van der Waals surface area contributed by atoms with Crippen molar-refractivity contribution in [2.45, 2.75) is 45.6 Å². The number of amides is 1. The number of pyridine rings is 1. The van der Waals surface area contributed by atoms with Crippen LogP contribution < -0.4 is 0 Å². The molecule has 1 aromatic carbocycles. The van der Waals surface area contributed by atoms with Crippen LogP contribution in [0.2, 0.25) is 0 Å². The lowest BCUT2D eigenvalue weighted by molar-refractivity contribution is -0.139. The van der Waals surface area contributed by atoms with Crippen LogP contribution in [0.25, 0.3) is 5.76 Å². The molecule has 2 aromatic rings. The first kappa shape index (κ1) is 23.7. The predicted octanol–water partition coefficient (Wildman–Crippen LogP) is 4.06. The van der Waals surface area contributed by atoms with Crippen molar-refractivity contribution in [3.8, 4) is 0 Å². The van der Waals surface area contributed by atoms with Gasteiger partial charge in [0.25, 0.3) is 11.7 Å². The minimum Gasteiger partial charge on any atom is -0.507 e. The second-order valence-corrected chi connectivity index (χ2v) is 9.71. The number of likely N-dealkylation sites (tertiary alicyclic amines) is 1. The highest BCUT2D eigenvalue weighted by Crippen LogP contribution is 2.40. The number of nitrogens with zero attached hydrogens (tertiary/aromatic N) is 3. The third kappa shape index (κ3) is 4.75. The Balaban J connectivity index is 2.15. The van der Waals surface area contributed by atoms with Gasteiger partial charge in [0.05, 0.1) is 11.6 Å². The largest absolute Gasteiger partial charge is 0.507 e. The van der Waals surface area contributed by atoms with Crippen LogP contribution in [-0.2, 0) is 15.0 Å². The van der Waals surface area contributed by atoms with Gasteiger partial charge in [0.15, 0.2) is 0 Å². The standard InChI is InChI=1S/C26H33N3O3/c1-17-8-9-19(26(2,3)4)16-20(17)23(30)21-22(18-10-12-27-13-11-18)29(25(32)24(21)31)15-7-14-28(5)6/h8-13,16,22,30H,7,14-15H2,1-6H3/b23-21+. The Morgan fingerprint density at radius 3 is 2.38 bits per heavy atom. The van der Waals surface area contributed by atoms with E-state index in [0.29, 0.717) is 12.1 Å². The molecule has 0 bridgehead atoms. The molecular formula is C26H33N3O3. The second kappa shape index (κ2) is 9.25. The lowest BCUT2D eigenvalue weighted by Gasteiger charge is -2.26. The van der Waals surface area contributed by atoms with E-state index in [2.05, 4.69) is 25.8 Å². The summed E-state index contributed by atoms with van der Waals surface area (Å²) in [6.07, 6.45) is 4.00. The van der Waals surface area contributed by atoms with Gasteiger partial charge < -0.3 is 14.9 Å². The Labute approximate surface area is 190 Å². The van der Waals surface area contributed by atoms with E-state index in [1.807, 2.05) is 44.1 Å². The number of benzene rings is 1. The van der Waals surface area contributed by atoms with Crippen molar-refractivity contribution < 1.29 is 14.7 Å². The van der Waals surface area contributed by atoms with Gasteiger partial charge in [-0.1, -0.05) is 32.9 Å². The van der Waals surface area contributed by atoms with Crippen molar-refractivity contribution in [3.63, 3.8) is 0 Å². The number of aliphatic hydroxyl groups excluding tert-OH is 1. The fraction of sp³-hybridized carbons (Fsp3) is 0.423.